The fourth-order valence-electron chi connectivity index (χ4n) is 1.24. The number of hydrogen-bond acceptors (Lipinski definition) is 4. The molecule has 0 fully saturated rings. The summed E-state index contributed by atoms with van der Waals surface area (Å²) in [5, 5.41) is 9.20. The van der Waals surface area contributed by atoms with Gasteiger partial charge in [-0.05, 0) is 12.1 Å². The molecule has 1 aliphatic heterocycles. The largest absolute Gasteiger partial charge is 0.265 e. The third-order valence-electron chi connectivity index (χ3n) is 1.94. The topological polar surface area (TPSA) is 37.6 Å². The molecule has 0 bridgehead atoms. The number of rotatable bonds is 2. The van der Waals surface area contributed by atoms with Gasteiger partial charge in [0.1, 0.15) is 5.04 Å². The zero-order valence-electron chi connectivity index (χ0n) is 8.05. The van der Waals surface area contributed by atoms with Crippen molar-refractivity contribution in [3.8, 4) is 12.3 Å². The third kappa shape index (κ3) is 2.45. The van der Waals surface area contributed by atoms with Crippen LogP contribution in [-0.4, -0.2) is 21.5 Å². The second-order valence-corrected chi connectivity index (χ2v) is 3.99. The highest BCUT2D eigenvalue weighted by atomic mass is 32.2. The monoisotopic (exact) mass is 215 g/mol. The number of nitrogens with zero attached hydrogens (tertiary/aromatic N) is 3. The molecule has 0 spiro atoms. The second-order valence-electron chi connectivity index (χ2n) is 2.95. The lowest BCUT2D eigenvalue weighted by molar-refractivity contribution is 1.26. The molecule has 1 aliphatic rings. The minimum Gasteiger partial charge on any atom is -0.265 e. The quantitative estimate of drug-likeness (QED) is 0.707. The molecule has 2 heterocycles. The van der Waals surface area contributed by atoms with Crippen LogP contribution in [0.25, 0.3) is 0 Å². The van der Waals surface area contributed by atoms with Gasteiger partial charge < -0.3 is 0 Å². The number of pyridine rings is 1. The fourth-order valence-corrected chi connectivity index (χ4v) is 1.83. The molecule has 0 aromatic carbocycles. The maximum absolute atomic E-state index is 5.18. The summed E-state index contributed by atoms with van der Waals surface area (Å²) in [5.41, 5.74) is 2.06. The van der Waals surface area contributed by atoms with Gasteiger partial charge in [0.05, 0.1) is 11.5 Å². The molecule has 74 valence electrons. The van der Waals surface area contributed by atoms with Crippen LogP contribution in [0.2, 0.25) is 0 Å². The van der Waals surface area contributed by atoms with E-state index in [0.717, 1.165) is 22.7 Å². The lowest BCUT2D eigenvalue weighted by atomic mass is 10.1. The van der Waals surface area contributed by atoms with Crippen molar-refractivity contribution in [2.45, 2.75) is 6.42 Å². The number of thioether (sulfide) groups is 1. The maximum atomic E-state index is 5.18. The van der Waals surface area contributed by atoms with Gasteiger partial charge in [-0.25, -0.2) is 0 Å². The molecule has 3 nitrogen and oxygen atoms in total. The summed E-state index contributed by atoms with van der Waals surface area (Å²) in [6.07, 6.45) is 9.46. The van der Waals surface area contributed by atoms with E-state index in [1.807, 2.05) is 12.1 Å². The highest BCUT2D eigenvalue weighted by Crippen LogP contribution is 2.17. The highest BCUT2D eigenvalue weighted by Gasteiger charge is 2.13. The molecule has 0 saturated heterocycles. The molecular formula is C11H9N3S. The summed E-state index contributed by atoms with van der Waals surface area (Å²) in [5.74, 6) is 3.22. The van der Waals surface area contributed by atoms with Gasteiger partial charge in [0, 0.05) is 24.4 Å². The van der Waals surface area contributed by atoms with E-state index in [1.165, 1.54) is 0 Å². The van der Waals surface area contributed by atoms with Crippen molar-refractivity contribution in [3.05, 3.63) is 30.1 Å². The van der Waals surface area contributed by atoms with Gasteiger partial charge in [0.15, 0.2) is 0 Å². The van der Waals surface area contributed by atoms with Crippen molar-refractivity contribution in [1.29, 1.82) is 0 Å². The Balaban J connectivity index is 1.99. The normalized spacial score (nSPS) is 14.3. The Labute approximate surface area is 92.7 Å². The summed E-state index contributed by atoms with van der Waals surface area (Å²) in [7, 11) is 0. The van der Waals surface area contributed by atoms with Gasteiger partial charge >= 0.3 is 0 Å². The first-order valence-corrected chi connectivity index (χ1v) is 5.49. The van der Waals surface area contributed by atoms with Crippen LogP contribution >= 0.6 is 11.8 Å². The van der Waals surface area contributed by atoms with Gasteiger partial charge in [-0.3, -0.25) is 4.98 Å². The van der Waals surface area contributed by atoms with Crippen LogP contribution in [-0.2, 0) is 0 Å². The van der Waals surface area contributed by atoms with Crippen molar-refractivity contribution in [1.82, 2.24) is 4.98 Å². The van der Waals surface area contributed by atoms with Crippen LogP contribution in [0.15, 0.2) is 34.7 Å². The first kappa shape index (κ1) is 9.94. The van der Waals surface area contributed by atoms with Crippen molar-refractivity contribution < 1.29 is 0 Å². The van der Waals surface area contributed by atoms with Gasteiger partial charge in [-0.1, -0.05) is 17.7 Å². The Hall–Kier alpha value is -1.60. The van der Waals surface area contributed by atoms with Crippen molar-refractivity contribution in [2.24, 2.45) is 10.2 Å². The molecule has 1 aromatic rings. The average molecular weight is 215 g/mol. The summed E-state index contributed by atoms with van der Waals surface area (Å²) >= 11 is 1.57. The molecule has 4 heteroatoms. The van der Waals surface area contributed by atoms with E-state index in [4.69, 9.17) is 6.42 Å². The Morgan fingerprint density at radius 1 is 1.33 bits per heavy atom. The van der Waals surface area contributed by atoms with Crippen LogP contribution in [0.3, 0.4) is 0 Å². The first-order chi connectivity index (χ1) is 7.40. The van der Waals surface area contributed by atoms with Gasteiger partial charge in [0.2, 0.25) is 0 Å². The molecule has 15 heavy (non-hydrogen) atoms. The predicted octanol–water partition coefficient (Wildman–Crippen LogP) is 1.95. The van der Waals surface area contributed by atoms with E-state index in [0.29, 0.717) is 5.75 Å². The van der Waals surface area contributed by atoms with E-state index in [1.54, 1.807) is 24.2 Å². The van der Waals surface area contributed by atoms with E-state index in [2.05, 4.69) is 21.1 Å². The Bertz CT molecular complexity index is 443. The fraction of sp³-hybridized carbons (Fsp3) is 0.182. The zero-order valence-corrected chi connectivity index (χ0v) is 8.87. The highest BCUT2D eigenvalue weighted by molar-refractivity contribution is 8.14. The van der Waals surface area contributed by atoms with Crippen molar-refractivity contribution in [2.75, 3.05) is 5.75 Å². The Morgan fingerprint density at radius 3 is 2.87 bits per heavy atom. The number of aromatic nitrogens is 1. The van der Waals surface area contributed by atoms with Crippen LogP contribution < -0.4 is 0 Å². The van der Waals surface area contributed by atoms with Crippen LogP contribution in [0.5, 0.6) is 0 Å². The molecule has 2 rings (SSSR count). The molecule has 0 unspecified atom stereocenters. The Morgan fingerprint density at radius 2 is 2.13 bits per heavy atom. The SMILES string of the molecule is C#CCSC1=NN=C(c2ccncc2)C1. The molecule has 0 radical (unpaired) electrons. The molecule has 0 saturated carbocycles. The second kappa shape index (κ2) is 4.76. The summed E-state index contributed by atoms with van der Waals surface area (Å²) in [6.45, 7) is 0. The molecule has 0 aliphatic carbocycles. The van der Waals surface area contributed by atoms with E-state index >= 15 is 0 Å². The number of terminal acetylenes is 1. The third-order valence-corrected chi connectivity index (χ3v) is 2.81. The molecular weight excluding hydrogens is 206 g/mol. The summed E-state index contributed by atoms with van der Waals surface area (Å²) in [6, 6.07) is 3.87. The van der Waals surface area contributed by atoms with E-state index < -0.39 is 0 Å². The lowest BCUT2D eigenvalue weighted by Crippen LogP contribution is -2.01. The molecule has 1 aromatic heterocycles. The first-order valence-electron chi connectivity index (χ1n) is 4.50. The van der Waals surface area contributed by atoms with Crippen LogP contribution in [0.4, 0.5) is 0 Å². The van der Waals surface area contributed by atoms with Crippen LogP contribution in [0, 0.1) is 12.3 Å². The van der Waals surface area contributed by atoms with Gasteiger partial charge in [0.25, 0.3) is 0 Å². The van der Waals surface area contributed by atoms with Gasteiger partial charge in [-0.15, -0.1) is 11.5 Å². The van der Waals surface area contributed by atoms with Gasteiger partial charge in [-0.2, -0.15) is 5.10 Å². The van der Waals surface area contributed by atoms with E-state index in [9.17, 15) is 0 Å². The predicted molar refractivity (Wildman–Crippen MR) is 64.1 cm³/mol. The zero-order chi connectivity index (χ0) is 10.5. The molecule has 0 atom stereocenters. The Kier molecular flexibility index (Phi) is 3.15. The number of hydrogen-bond donors (Lipinski definition) is 0. The average Bonchev–Trinajstić information content (AvgIpc) is 2.76. The van der Waals surface area contributed by atoms with Crippen LogP contribution in [0.1, 0.15) is 12.0 Å². The van der Waals surface area contributed by atoms with Crippen molar-refractivity contribution in [3.63, 3.8) is 0 Å². The lowest BCUT2D eigenvalue weighted by Gasteiger charge is -1.98. The molecule has 0 amide bonds. The summed E-state index contributed by atoms with van der Waals surface area (Å²) in [4.78, 5) is 3.96. The van der Waals surface area contributed by atoms with Crippen molar-refractivity contribution >= 4 is 22.5 Å². The standard InChI is InChI=1S/C11H9N3S/c1-2-7-15-11-8-10(13-14-11)9-3-5-12-6-4-9/h1,3-6H,7-8H2. The minimum atomic E-state index is 0.651. The smallest absolute Gasteiger partial charge is 0.103 e. The van der Waals surface area contributed by atoms with E-state index in [-0.39, 0.29) is 0 Å². The minimum absolute atomic E-state index is 0.651. The summed E-state index contributed by atoms with van der Waals surface area (Å²) < 4.78 is 0. The maximum Gasteiger partial charge on any atom is 0.103 e. The molecule has 0 N–H and O–H groups in total.